The lowest BCUT2D eigenvalue weighted by Gasteiger charge is -2.17. The summed E-state index contributed by atoms with van der Waals surface area (Å²) in [4.78, 5) is 25.7. The van der Waals surface area contributed by atoms with Crippen molar-refractivity contribution in [2.75, 3.05) is 5.32 Å². The van der Waals surface area contributed by atoms with E-state index >= 15 is 0 Å². The van der Waals surface area contributed by atoms with Crippen LogP contribution in [0.15, 0.2) is 16.9 Å². The van der Waals surface area contributed by atoms with E-state index in [1.165, 1.54) is 12.1 Å². The lowest BCUT2D eigenvalue weighted by molar-refractivity contribution is -0.123. The first-order valence-corrected chi connectivity index (χ1v) is 4.85. The smallest absolute Gasteiger partial charge is 0.230 e. The largest absolute Gasteiger partial charge is 0.335 e. The first kappa shape index (κ1) is 12.1. The molecule has 0 bridgehead atoms. The molecule has 2 N–H and O–H groups in total. The van der Waals surface area contributed by atoms with Crippen LogP contribution in [0.25, 0.3) is 0 Å². The normalized spacial score (nSPS) is 10.6. The highest BCUT2D eigenvalue weighted by atomic mass is 16.2. The quantitative estimate of drug-likeness (QED) is 0.699. The molecule has 0 aliphatic heterocycles. The van der Waals surface area contributed by atoms with Crippen LogP contribution in [0.2, 0.25) is 0 Å². The summed E-state index contributed by atoms with van der Waals surface area (Å²) >= 11 is 0. The van der Waals surface area contributed by atoms with Gasteiger partial charge in [0.25, 0.3) is 0 Å². The van der Waals surface area contributed by atoms with Gasteiger partial charge in [-0.3, -0.25) is 9.59 Å². The van der Waals surface area contributed by atoms with E-state index in [1.807, 2.05) is 0 Å². The van der Waals surface area contributed by atoms with Crippen LogP contribution in [0.1, 0.15) is 26.5 Å². The number of aromatic nitrogens is 1. The van der Waals surface area contributed by atoms with Crippen molar-refractivity contribution in [3.63, 3.8) is 0 Å². The third-order valence-corrected chi connectivity index (χ3v) is 1.93. The predicted molar refractivity (Wildman–Crippen MR) is 63.1 cm³/mol. The summed E-state index contributed by atoms with van der Waals surface area (Å²) in [5.74, 6) is 2.45. The van der Waals surface area contributed by atoms with Gasteiger partial charge >= 0.3 is 0 Å². The van der Waals surface area contributed by atoms with Crippen LogP contribution in [0.3, 0.4) is 0 Å². The van der Waals surface area contributed by atoms with Gasteiger partial charge in [0.05, 0.1) is 5.69 Å². The van der Waals surface area contributed by atoms with Crippen molar-refractivity contribution in [1.82, 2.24) is 4.98 Å². The molecule has 1 aromatic heterocycles. The number of anilines is 1. The lowest BCUT2D eigenvalue weighted by Crippen LogP contribution is -2.28. The van der Waals surface area contributed by atoms with Gasteiger partial charge in [-0.1, -0.05) is 26.7 Å². The Morgan fingerprint density at radius 1 is 1.44 bits per heavy atom. The SMILES string of the molecule is C#Cc1cc(=O)cc(NC(=O)C(C)(C)C)[nH]1. The summed E-state index contributed by atoms with van der Waals surface area (Å²) in [7, 11) is 0. The van der Waals surface area contributed by atoms with Crippen molar-refractivity contribution in [3.8, 4) is 12.3 Å². The maximum absolute atomic E-state index is 11.7. The first-order valence-electron chi connectivity index (χ1n) is 4.85. The summed E-state index contributed by atoms with van der Waals surface area (Å²) in [6.07, 6.45) is 5.17. The summed E-state index contributed by atoms with van der Waals surface area (Å²) in [5.41, 5.74) is -0.420. The highest BCUT2D eigenvalue weighted by Crippen LogP contribution is 2.15. The Bertz CT molecular complexity index is 501. The molecule has 0 saturated heterocycles. The number of terminal acetylenes is 1. The van der Waals surface area contributed by atoms with E-state index in [0.717, 1.165) is 0 Å². The number of carbonyl (C=O) groups is 1. The summed E-state index contributed by atoms with van der Waals surface area (Å²) < 4.78 is 0. The molecule has 0 saturated carbocycles. The van der Waals surface area contributed by atoms with Crippen molar-refractivity contribution >= 4 is 11.7 Å². The number of aromatic amines is 1. The Balaban J connectivity index is 3.00. The number of rotatable bonds is 1. The van der Waals surface area contributed by atoms with Gasteiger partial charge in [-0.25, -0.2) is 0 Å². The number of hydrogen-bond donors (Lipinski definition) is 2. The van der Waals surface area contributed by atoms with E-state index in [-0.39, 0.29) is 11.3 Å². The second-order valence-corrected chi connectivity index (χ2v) is 4.49. The minimum Gasteiger partial charge on any atom is -0.335 e. The van der Waals surface area contributed by atoms with E-state index in [4.69, 9.17) is 6.42 Å². The summed E-state index contributed by atoms with van der Waals surface area (Å²) in [6, 6.07) is 2.59. The fraction of sp³-hybridized carbons (Fsp3) is 0.333. The Labute approximate surface area is 94.1 Å². The molecule has 0 unspecified atom stereocenters. The van der Waals surface area contributed by atoms with Crippen LogP contribution >= 0.6 is 0 Å². The third-order valence-electron chi connectivity index (χ3n) is 1.93. The minimum atomic E-state index is -0.525. The fourth-order valence-corrected chi connectivity index (χ4v) is 0.998. The standard InChI is InChI=1S/C12H14N2O2/c1-5-8-6-9(15)7-10(13-8)14-11(16)12(2,3)4/h1,6-7H,2-4H3,(H2,13,14,15,16). The average Bonchev–Trinajstić information content (AvgIpc) is 2.15. The molecular weight excluding hydrogens is 204 g/mol. The van der Waals surface area contributed by atoms with Crippen LogP contribution in [-0.2, 0) is 4.79 Å². The molecule has 84 valence electrons. The Morgan fingerprint density at radius 3 is 2.56 bits per heavy atom. The maximum atomic E-state index is 11.7. The Hall–Kier alpha value is -2.02. The van der Waals surface area contributed by atoms with Crippen LogP contribution < -0.4 is 10.7 Å². The fourth-order valence-electron chi connectivity index (χ4n) is 0.998. The van der Waals surface area contributed by atoms with Gasteiger partial charge < -0.3 is 10.3 Å². The highest BCUT2D eigenvalue weighted by molar-refractivity contribution is 5.93. The highest BCUT2D eigenvalue weighted by Gasteiger charge is 2.21. The van der Waals surface area contributed by atoms with Crippen molar-refractivity contribution in [2.45, 2.75) is 20.8 Å². The van der Waals surface area contributed by atoms with Crippen molar-refractivity contribution in [2.24, 2.45) is 5.41 Å². The maximum Gasteiger partial charge on any atom is 0.230 e. The zero-order chi connectivity index (χ0) is 12.3. The van der Waals surface area contributed by atoms with Gasteiger partial charge in [0.2, 0.25) is 5.91 Å². The second kappa shape index (κ2) is 4.23. The molecule has 0 aliphatic carbocycles. The molecule has 0 spiro atoms. The summed E-state index contributed by atoms with van der Waals surface area (Å²) in [6.45, 7) is 5.35. The third kappa shape index (κ3) is 2.99. The number of amides is 1. The van der Waals surface area contributed by atoms with E-state index in [2.05, 4.69) is 16.2 Å². The Kier molecular flexibility index (Phi) is 3.19. The molecule has 4 heteroatoms. The molecule has 4 nitrogen and oxygen atoms in total. The molecule has 0 atom stereocenters. The molecule has 1 rings (SSSR count). The number of hydrogen-bond acceptors (Lipinski definition) is 2. The van der Waals surface area contributed by atoms with Crippen molar-refractivity contribution < 1.29 is 4.79 Å². The van der Waals surface area contributed by atoms with Gasteiger partial charge in [0.15, 0.2) is 5.43 Å². The molecule has 0 radical (unpaired) electrons. The molecular formula is C12H14N2O2. The molecule has 1 heterocycles. The number of pyridine rings is 1. The molecule has 0 fully saturated rings. The van der Waals surface area contributed by atoms with E-state index < -0.39 is 5.41 Å². The van der Waals surface area contributed by atoms with Gasteiger partial charge in [-0.2, -0.15) is 0 Å². The van der Waals surface area contributed by atoms with Gasteiger partial charge in [-0.05, 0) is 0 Å². The Morgan fingerprint density at radius 2 is 2.06 bits per heavy atom. The second-order valence-electron chi connectivity index (χ2n) is 4.49. The van der Waals surface area contributed by atoms with E-state index in [0.29, 0.717) is 11.5 Å². The monoisotopic (exact) mass is 218 g/mol. The van der Waals surface area contributed by atoms with E-state index in [1.54, 1.807) is 20.8 Å². The molecule has 16 heavy (non-hydrogen) atoms. The van der Waals surface area contributed by atoms with Gasteiger partial charge in [0.1, 0.15) is 5.82 Å². The average molecular weight is 218 g/mol. The zero-order valence-corrected chi connectivity index (χ0v) is 9.55. The lowest BCUT2D eigenvalue weighted by atomic mass is 9.96. The minimum absolute atomic E-state index is 0.183. The number of nitrogens with one attached hydrogen (secondary N) is 2. The molecule has 0 aromatic carbocycles. The van der Waals surface area contributed by atoms with Crippen LogP contribution in [0.5, 0.6) is 0 Å². The van der Waals surface area contributed by atoms with Gasteiger partial charge in [-0.15, -0.1) is 6.42 Å². The molecule has 1 aromatic rings. The molecule has 0 aliphatic rings. The topological polar surface area (TPSA) is 62.0 Å². The van der Waals surface area contributed by atoms with Crippen LogP contribution in [0.4, 0.5) is 5.82 Å². The first-order chi connectivity index (χ1) is 7.32. The molecule has 1 amide bonds. The zero-order valence-electron chi connectivity index (χ0n) is 9.55. The predicted octanol–water partition coefficient (Wildman–Crippen LogP) is 1.34. The van der Waals surface area contributed by atoms with Crippen molar-refractivity contribution in [1.29, 1.82) is 0 Å². The van der Waals surface area contributed by atoms with Crippen molar-refractivity contribution in [3.05, 3.63) is 28.0 Å². The number of H-pyrrole nitrogens is 1. The van der Waals surface area contributed by atoms with E-state index in [9.17, 15) is 9.59 Å². The van der Waals surface area contributed by atoms with Crippen LogP contribution in [-0.4, -0.2) is 10.9 Å². The summed E-state index contributed by atoms with van der Waals surface area (Å²) in [5, 5.41) is 2.61. The van der Waals surface area contributed by atoms with Gasteiger partial charge in [0, 0.05) is 17.5 Å². The number of carbonyl (C=O) groups excluding carboxylic acids is 1. The van der Waals surface area contributed by atoms with Crippen LogP contribution in [0, 0.1) is 17.8 Å².